The fourth-order valence-corrected chi connectivity index (χ4v) is 0.224. The van der Waals surface area contributed by atoms with Crippen LogP contribution in [-0.2, 0) is 0 Å². The number of rotatable bonds is 1. The van der Waals surface area contributed by atoms with Crippen molar-refractivity contribution >= 4 is 6.71 Å². The molecule has 0 heterocycles. The normalized spacial score (nSPS) is 11.0. The van der Waals surface area contributed by atoms with Crippen molar-refractivity contribution in [1.82, 2.24) is 0 Å². The van der Waals surface area contributed by atoms with Crippen molar-refractivity contribution in [2.75, 3.05) is 0 Å². The van der Waals surface area contributed by atoms with Crippen LogP contribution in [0.5, 0.6) is 0 Å². The van der Waals surface area contributed by atoms with Crippen LogP contribution in [0.4, 0.5) is 0 Å². The third-order valence-corrected chi connectivity index (χ3v) is 1.16. The number of hydrogen-bond acceptors (Lipinski definition) is 2. The second kappa shape index (κ2) is 3.10. The second-order valence-corrected chi connectivity index (χ2v) is 1.84. The van der Waals surface area contributed by atoms with Gasteiger partial charge in [0.25, 0.3) is 6.71 Å². The summed E-state index contributed by atoms with van der Waals surface area (Å²) >= 11 is 0. The Morgan fingerprint density at radius 1 is 1.50 bits per heavy atom. The summed E-state index contributed by atoms with van der Waals surface area (Å²) in [6.45, 7) is 3.35. The Morgan fingerprint density at radius 2 is 2.00 bits per heavy atom. The summed E-state index contributed by atoms with van der Waals surface area (Å²) in [6.07, 6.45) is 0. The van der Waals surface area contributed by atoms with Crippen molar-refractivity contribution in [3.8, 4) is 12.0 Å². The Kier molecular flexibility index (Phi) is 2.73. The third kappa shape index (κ3) is 1.66. The van der Waals surface area contributed by atoms with Crippen LogP contribution in [0, 0.1) is 22.6 Å². The summed E-state index contributed by atoms with van der Waals surface area (Å²) in [4.78, 5) is 0. The van der Waals surface area contributed by atoms with E-state index in [1.54, 1.807) is 13.7 Å². The van der Waals surface area contributed by atoms with Gasteiger partial charge >= 0.3 is 0 Å². The van der Waals surface area contributed by atoms with E-state index in [4.69, 9.17) is 10.5 Å². The molecule has 0 N–H and O–H groups in total. The van der Waals surface area contributed by atoms with E-state index in [0.717, 1.165) is 0 Å². The zero-order valence-corrected chi connectivity index (χ0v) is 5.05. The highest BCUT2D eigenvalue weighted by Crippen LogP contribution is 2.04. The van der Waals surface area contributed by atoms with E-state index in [0.29, 0.717) is 0 Å². The van der Waals surface area contributed by atoms with Gasteiger partial charge < -0.3 is 0 Å². The molecule has 2 nitrogen and oxygen atoms in total. The first-order valence-corrected chi connectivity index (χ1v) is 2.51. The molecule has 0 rings (SSSR count). The van der Waals surface area contributed by atoms with Crippen molar-refractivity contribution in [2.45, 2.75) is 19.6 Å². The maximum atomic E-state index is 8.24. The lowest BCUT2D eigenvalue weighted by Gasteiger charge is -1.94. The van der Waals surface area contributed by atoms with Crippen LogP contribution in [0.15, 0.2) is 0 Å². The molecule has 40 valence electrons. The molecule has 0 aliphatic rings. The monoisotopic (exact) mass is 106 g/mol. The van der Waals surface area contributed by atoms with Crippen LogP contribution in [0.2, 0.25) is 12.6 Å². The van der Waals surface area contributed by atoms with E-state index in [2.05, 4.69) is 0 Å². The molecular formula is C5H7BN2. The fraction of sp³-hybridized carbons (Fsp3) is 0.600. The summed E-state index contributed by atoms with van der Waals surface area (Å²) < 4.78 is 0. The van der Waals surface area contributed by atoms with E-state index in [1.165, 1.54) is 0 Å². The average Bonchev–Trinajstić information content (AvgIpc) is 1.84. The molecule has 0 radical (unpaired) electrons. The van der Waals surface area contributed by atoms with E-state index < -0.39 is 0 Å². The lowest BCUT2D eigenvalue weighted by Crippen LogP contribution is -2.08. The lowest BCUT2D eigenvalue weighted by molar-refractivity contribution is 1.18. The number of nitrogens with zero attached hydrogens (tertiary/aromatic N) is 2. The number of nitriles is 2. The molecule has 0 aromatic rings. The highest BCUT2D eigenvalue weighted by Gasteiger charge is 2.13. The Hall–Kier alpha value is -0.955. The van der Waals surface area contributed by atoms with Gasteiger partial charge in [-0.15, -0.1) is 0 Å². The quantitative estimate of drug-likeness (QED) is 0.469. The molecule has 0 saturated carbocycles. The van der Waals surface area contributed by atoms with Crippen molar-refractivity contribution in [3.05, 3.63) is 0 Å². The molecule has 0 aliphatic heterocycles. The molecule has 0 spiro atoms. The maximum absolute atomic E-state index is 8.24. The van der Waals surface area contributed by atoms with Crippen molar-refractivity contribution in [2.24, 2.45) is 0 Å². The van der Waals surface area contributed by atoms with Crippen LogP contribution >= 0.6 is 0 Å². The SMILES string of the molecule is CB(C#N)C(C)C#N. The summed E-state index contributed by atoms with van der Waals surface area (Å²) in [6, 6.07) is 1.99. The molecule has 1 atom stereocenters. The molecule has 0 fully saturated rings. The van der Waals surface area contributed by atoms with Gasteiger partial charge in [-0.05, 0) is 0 Å². The van der Waals surface area contributed by atoms with E-state index >= 15 is 0 Å². The van der Waals surface area contributed by atoms with Gasteiger partial charge in [0.15, 0.2) is 0 Å². The van der Waals surface area contributed by atoms with Gasteiger partial charge in [-0.3, -0.25) is 0 Å². The summed E-state index contributed by atoms with van der Waals surface area (Å²) in [7, 11) is 0. The first-order valence-electron chi connectivity index (χ1n) is 2.51. The smallest absolute Gasteiger partial charge is 0.213 e. The van der Waals surface area contributed by atoms with E-state index in [1.807, 2.05) is 12.0 Å². The van der Waals surface area contributed by atoms with Crippen LogP contribution < -0.4 is 0 Å². The topological polar surface area (TPSA) is 47.6 Å². The summed E-state index contributed by atoms with van der Waals surface area (Å²) in [5, 5.41) is 16.5. The van der Waals surface area contributed by atoms with Gasteiger partial charge in [0.2, 0.25) is 0 Å². The largest absolute Gasteiger partial charge is 0.281 e. The molecule has 0 aliphatic carbocycles. The van der Waals surface area contributed by atoms with Gasteiger partial charge in [-0.25, -0.2) is 5.26 Å². The van der Waals surface area contributed by atoms with Crippen LogP contribution in [-0.4, -0.2) is 6.71 Å². The van der Waals surface area contributed by atoms with Gasteiger partial charge in [0, 0.05) is 11.8 Å². The summed E-state index contributed by atoms with van der Waals surface area (Å²) in [5.41, 5.74) is 0. The Labute approximate surface area is 49.8 Å². The van der Waals surface area contributed by atoms with Crippen molar-refractivity contribution < 1.29 is 0 Å². The van der Waals surface area contributed by atoms with Crippen LogP contribution in [0.1, 0.15) is 6.92 Å². The molecule has 3 heteroatoms. The van der Waals surface area contributed by atoms with E-state index in [-0.39, 0.29) is 12.5 Å². The minimum Gasteiger partial charge on any atom is -0.213 e. The van der Waals surface area contributed by atoms with Crippen LogP contribution in [0.3, 0.4) is 0 Å². The van der Waals surface area contributed by atoms with Crippen LogP contribution in [0.25, 0.3) is 0 Å². The maximum Gasteiger partial charge on any atom is 0.281 e. The first kappa shape index (κ1) is 7.04. The Balaban J connectivity index is 3.72. The molecule has 8 heavy (non-hydrogen) atoms. The highest BCUT2D eigenvalue weighted by atomic mass is 14.2. The lowest BCUT2D eigenvalue weighted by atomic mass is 9.45. The number of hydrogen-bond donors (Lipinski definition) is 0. The Bertz CT molecular complexity index is 123. The van der Waals surface area contributed by atoms with Crippen molar-refractivity contribution in [3.63, 3.8) is 0 Å². The predicted molar refractivity (Wildman–Crippen MR) is 32.3 cm³/mol. The minimum absolute atomic E-state index is 0.139. The zero-order chi connectivity index (χ0) is 6.57. The molecule has 0 aromatic heterocycles. The van der Waals surface area contributed by atoms with Crippen molar-refractivity contribution in [1.29, 1.82) is 10.5 Å². The molecule has 0 bridgehead atoms. The zero-order valence-electron chi connectivity index (χ0n) is 5.05. The molecule has 0 amide bonds. The summed E-state index contributed by atoms with van der Waals surface area (Å²) in [5.74, 6) is 1.85. The third-order valence-electron chi connectivity index (χ3n) is 1.16. The fourth-order valence-electron chi connectivity index (χ4n) is 0.224. The first-order chi connectivity index (χ1) is 3.72. The average molecular weight is 106 g/mol. The standard InChI is InChI=1S/C5H7BN2/c1-5(3-7)6(2)4-8/h5H,1-2H3. The van der Waals surface area contributed by atoms with Gasteiger partial charge in [-0.1, -0.05) is 13.7 Å². The minimum atomic E-state index is -0.139. The van der Waals surface area contributed by atoms with Gasteiger partial charge in [0.1, 0.15) is 0 Å². The highest BCUT2D eigenvalue weighted by molar-refractivity contribution is 6.67. The second-order valence-electron chi connectivity index (χ2n) is 1.84. The van der Waals surface area contributed by atoms with Gasteiger partial charge in [0.05, 0.1) is 6.07 Å². The molecular weight excluding hydrogens is 98.9 g/mol. The molecule has 1 unspecified atom stereocenters. The predicted octanol–water partition coefficient (Wildman–Crippen LogP) is 1.09. The molecule has 0 saturated heterocycles. The van der Waals surface area contributed by atoms with E-state index in [9.17, 15) is 0 Å². The molecule has 0 aromatic carbocycles. The van der Waals surface area contributed by atoms with Gasteiger partial charge in [-0.2, -0.15) is 5.26 Å². The Morgan fingerprint density at radius 3 is 2.12 bits per heavy atom.